The number of ether oxygens (including phenoxy) is 2. The second-order valence-corrected chi connectivity index (χ2v) is 4.71. The molecule has 2 aromatic heterocycles. The van der Waals surface area contributed by atoms with Gasteiger partial charge in [-0.25, -0.2) is 14.6 Å². The summed E-state index contributed by atoms with van der Waals surface area (Å²) in [5.74, 6) is -1.34. The predicted octanol–water partition coefficient (Wildman–Crippen LogP) is 1.17. The first-order valence-electron chi connectivity index (χ1n) is 7.00. The number of carbonyl (C=O) groups is 2. The normalized spacial score (nSPS) is 10.9. The van der Waals surface area contributed by atoms with Crippen molar-refractivity contribution >= 4 is 17.6 Å². The van der Waals surface area contributed by atoms with Crippen molar-refractivity contribution < 1.29 is 19.1 Å². The summed E-state index contributed by atoms with van der Waals surface area (Å²) < 4.78 is 11.0. The van der Waals surface area contributed by atoms with Gasteiger partial charge < -0.3 is 9.47 Å². The highest BCUT2D eigenvalue weighted by molar-refractivity contribution is 5.91. The van der Waals surface area contributed by atoms with Crippen molar-refractivity contribution in [1.29, 1.82) is 0 Å². The van der Waals surface area contributed by atoms with E-state index < -0.39 is 11.9 Å². The first kappa shape index (κ1) is 16.4. The molecule has 0 N–H and O–H groups in total. The lowest BCUT2D eigenvalue weighted by Gasteiger charge is -2.05. The molecule has 0 spiro atoms. The fourth-order valence-corrected chi connectivity index (χ4v) is 1.85. The molecule has 0 amide bonds. The predicted molar refractivity (Wildman–Crippen MR) is 81.8 cm³/mol. The first-order valence-corrected chi connectivity index (χ1v) is 7.00. The van der Waals surface area contributed by atoms with Gasteiger partial charge in [-0.1, -0.05) is 6.07 Å². The van der Waals surface area contributed by atoms with Crippen LogP contribution in [0.2, 0.25) is 0 Å². The number of esters is 2. The lowest BCUT2D eigenvalue weighted by Crippen LogP contribution is -2.16. The zero-order chi connectivity index (χ0) is 16.8. The number of rotatable bonds is 5. The summed E-state index contributed by atoms with van der Waals surface area (Å²) in [6.07, 6.45) is 3.63. The van der Waals surface area contributed by atoms with Crippen LogP contribution in [0.1, 0.15) is 18.2 Å². The van der Waals surface area contributed by atoms with Gasteiger partial charge in [0.25, 0.3) is 5.56 Å². The Hall–Kier alpha value is -2.96. The molecule has 0 fully saturated rings. The Morgan fingerprint density at radius 3 is 2.61 bits per heavy atom. The molecule has 120 valence electrons. The van der Waals surface area contributed by atoms with E-state index in [0.717, 1.165) is 17.7 Å². The van der Waals surface area contributed by atoms with Crippen LogP contribution < -0.4 is 5.56 Å². The minimum Gasteiger partial charge on any atom is -0.463 e. The highest BCUT2D eigenvalue weighted by Gasteiger charge is 2.05. The number of aromatic nitrogens is 2. The van der Waals surface area contributed by atoms with E-state index in [1.165, 1.54) is 10.5 Å². The summed E-state index contributed by atoms with van der Waals surface area (Å²) in [4.78, 5) is 38.8. The zero-order valence-corrected chi connectivity index (χ0v) is 12.8. The molecule has 7 heteroatoms. The van der Waals surface area contributed by atoms with Crippen molar-refractivity contribution in [1.82, 2.24) is 9.38 Å². The molecular weight excluding hydrogens is 300 g/mol. The summed E-state index contributed by atoms with van der Waals surface area (Å²) >= 11 is 0. The SMILES string of the molecule is CCOC(=O)/C=C/C(=O)OCc1cc(=O)n2cc(C)ccc2n1. The average Bonchev–Trinajstić information content (AvgIpc) is 2.52. The molecule has 0 atom stereocenters. The molecule has 0 aromatic carbocycles. The molecule has 2 aromatic rings. The minimum absolute atomic E-state index is 0.161. The monoisotopic (exact) mass is 316 g/mol. The average molecular weight is 316 g/mol. The summed E-state index contributed by atoms with van der Waals surface area (Å²) in [7, 11) is 0. The van der Waals surface area contributed by atoms with Gasteiger partial charge >= 0.3 is 11.9 Å². The number of fused-ring (bicyclic) bond motifs is 1. The molecule has 0 unspecified atom stereocenters. The molecule has 7 nitrogen and oxygen atoms in total. The third-order valence-electron chi connectivity index (χ3n) is 2.86. The van der Waals surface area contributed by atoms with Gasteiger partial charge in [0.1, 0.15) is 12.3 Å². The molecule has 2 rings (SSSR count). The van der Waals surface area contributed by atoms with Crippen molar-refractivity contribution in [3.05, 3.63) is 58.2 Å². The van der Waals surface area contributed by atoms with Crippen LogP contribution in [0.4, 0.5) is 0 Å². The Morgan fingerprint density at radius 1 is 1.22 bits per heavy atom. The van der Waals surface area contributed by atoms with Gasteiger partial charge in [-0.2, -0.15) is 0 Å². The first-order chi connectivity index (χ1) is 11.0. The summed E-state index contributed by atoms with van der Waals surface area (Å²) in [6.45, 7) is 3.60. The lowest BCUT2D eigenvalue weighted by molar-refractivity contribution is -0.141. The smallest absolute Gasteiger partial charge is 0.331 e. The number of pyridine rings is 1. The molecule has 0 aliphatic heterocycles. The van der Waals surface area contributed by atoms with Gasteiger partial charge in [-0.05, 0) is 25.5 Å². The van der Waals surface area contributed by atoms with E-state index in [0.29, 0.717) is 11.3 Å². The molecule has 0 bridgehead atoms. The fraction of sp³-hybridized carbons (Fsp3) is 0.250. The van der Waals surface area contributed by atoms with E-state index in [1.54, 1.807) is 19.2 Å². The highest BCUT2D eigenvalue weighted by Crippen LogP contribution is 2.03. The molecule has 23 heavy (non-hydrogen) atoms. The molecule has 0 saturated heterocycles. The van der Waals surface area contributed by atoms with Gasteiger partial charge in [-0.15, -0.1) is 0 Å². The van der Waals surface area contributed by atoms with Crippen LogP contribution >= 0.6 is 0 Å². The Balaban J connectivity index is 2.05. The minimum atomic E-state index is -0.719. The maximum Gasteiger partial charge on any atom is 0.331 e. The van der Waals surface area contributed by atoms with Crippen LogP contribution in [0, 0.1) is 6.92 Å². The largest absolute Gasteiger partial charge is 0.463 e. The van der Waals surface area contributed by atoms with E-state index in [2.05, 4.69) is 9.72 Å². The van der Waals surface area contributed by atoms with Crippen LogP contribution in [0.5, 0.6) is 0 Å². The van der Waals surface area contributed by atoms with Crippen LogP contribution in [-0.4, -0.2) is 27.9 Å². The molecule has 0 aliphatic rings. The Labute approximate surface area is 132 Å². The summed E-state index contributed by atoms with van der Waals surface area (Å²) in [5.41, 5.74) is 1.48. The van der Waals surface area contributed by atoms with E-state index >= 15 is 0 Å². The lowest BCUT2D eigenvalue weighted by atomic mass is 10.3. The van der Waals surface area contributed by atoms with Crippen LogP contribution in [0.15, 0.2) is 41.3 Å². The third-order valence-corrected chi connectivity index (χ3v) is 2.86. The molecule has 0 aliphatic carbocycles. The molecule has 0 radical (unpaired) electrons. The van der Waals surface area contributed by atoms with Crippen molar-refractivity contribution in [2.24, 2.45) is 0 Å². The number of hydrogen-bond donors (Lipinski definition) is 0. The van der Waals surface area contributed by atoms with E-state index in [9.17, 15) is 14.4 Å². The Kier molecular flexibility index (Phi) is 5.24. The zero-order valence-electron chi connectivity index (χ0n) is 12.8. The molecule has 2 heterocycles. The van der Waals surface area contributed by atoms with E-state index in [4.69, 9.17) is 4.74 Å². The topological polar surface area (TPSA) is 87.0 Å². The van der Waals surface area contributed by atoms with Gasteiger partial charge in [-0.3, -0.25) is 9.20 Å². The molecular formula is C16H16N2O5. The van der Waals surface area contributed by atoms with Gasteiger partial charge in [0, 0.05) is 24.4 Å². The van der Waals surface area contributed by atoms with Crippen LogP contribution in [0.3, 0.4) is 0 Å². The Bertz CT molecular complexity index is 823. The van der Waals surface area contributed by atoms with Gasteiger partial charge in [0.15, 0.2) is 0 Å². The summed E-state index contributed by atoms with van der Waals surface area (Å²) in [5, 5.41) is 0. The second-order valence-electron chi connectivity index (χ2n) is 4.71. The van der Waals surface area contributed by atoms with Crippen LogP contribution in [-0.2, 0) is 25.7 Å². The standard InChI is InChI=1S/C16H16N2O5/c1-3-22-15(20)6-7-16(21)23-10-12-8-14(19)18-9-11(2)4-5-13(18)17-12/h4-9H,3,10H2,1-2H3/b7-6+. The van der Waals surface area contributed by atoms with Crippen molar-refractivity contribution in [3.63, 3.8) is 0 Å². The van der Waals surface area contributed by atoms with Crippen LogP contribution in [0.25, 0.3) is 5.65 Å². The number of nitrogens with zero attached hydrogens (tertiary/aromatic N) is 2. The Morgan fingerprint density at radius 2 is 1.91 bits per heavy atom. The molecule has 0 saturated carbocycles. The van der Waals surface area contributed by atoms with Gasteiger partial charge in [0.2, 0.25) is 0 Å². The maximum atomic E-state index is 12.0. The fourth-order valence-electron chi connectivity index (χ4n) is 1.85. The maximum absolute atomic E-state index is 12.0. The van der Waals surface area contributed by atoms with Crippen molar-refractivity contribution in [3.8, 4) is 0 Å². The summed E-state index contributed by atoms with van der Waals surface area (Å²) in [6, 6.07) is 4.84. The van der Waals surface area contributed by atoms with Crippen molar-refractivity contribution in [2.75, 3.05) is 6.61 Å². The van der Waals surface area contributed by atoms with E-state index in [-0.39, 0.29) is 18.8 Å². The van der Waals surface area contributed by atoms with Crippen molar-refractivity contribution in [2.45, 2.75) is 20.5 Å². The number of carbonyl (C=O) groups excluding carboxylic acids is 2. The third kappa shape index (κ3) is 4.50. The second kappa shape index (κ2) is 7.35. The number of hydrogen-bond acceptors (Lipinski definition) is 6. The number of aryl methyl sites for hydroxylation is 1. The van der Waals surface area contributed by atoms with E-state index in [1.807, 2.05) is 13.0 Å². The van der Waals surface area contributed by atoms with Gasteiger partial charge in [0.05, 0.1) is 12.3 Å². The quantitative estimate of drug-likeness (QED) is 0.608. The highest BCUT2D eigenvalue weighted by atomic mass is 16.5.